The fourth-order valence-electron chi connectivity index (χ4n) is 2.04. The van der Waals surface area contributed by atoms with Crippen LogP contribution in [0, 0.1) is 11.7 Å². The third-order valence-corrected chi connectivity index (χ3v) is 3.54. The lowest BCUT2D eigenvalue weighted by atomic mass is 10.2. The highest BCUT2D eigenvalue weighted by molar-refractivity contribution is 5.47. The van der Waals surface area contributed by atoms with Gasteiger partial charge in [-0.05, 0) is 37.3 Å². The molecule has 1 aromatic carbocycles. The summed E-state index contributed by atoms with van der Waals surface area (Å²) < 4.78 is 66.0. The number of hydrogen-bond acceptors (Lipinski definition) is 3. The summed E-state index contributed by atoms with van der Waals surface area (Å²) in [5, 5.41) is 0. The number of ether oxygens (including phenoxy) is 3. The first kappa shape index (κ1) is 15.2. The van der Waals surface area contributed by atoms with Crippen LogP contribution in [0.2, 0.25) is 0 Å². The van der Waals surface area contributed by atoms with E-state index in [4.69, 9.17) is 9.47 Å². The molecule has 2 saturated carbocycles. The van der Waals surface area contributed by atoms with E-state index >= 15 is 0 Å². The van der Waals surface area contributed by atoms with Crippen LogP contribution in [-0.4, -0.2) is 19.1 Å². The molecule has 1 aromatic rings. The van der Waals surface area contributed by atoms with Gasteiger partial charge in [0.2, 0.25) is 11.6 Å². The number of benzene rings is 1. The molecule has 0 atom stereocenters. The first-order valence-corrected chi connectivity index (χ1v) is 7.30. The molecule has 122 valence electrons. The Hall–Kier alpha value is -1.66. The quantitative estimate of drug-likeness (QED) is 0.695. The van der Waals surface area contributed by atoms with Crippen molar-refractivity contribution in [3.05, 3.63) is 17.9 Å². The van der Waals surface area contributed by atoms with Crippen LogP contribution in [0.25, 0.3) is 0 Å². The van der Waals surface area contributed by atoms with Gasteiger partial charge in [0.15, 0.2) is 11.5 Å². The minimum Gasteiger partial charge on any atom is -0.490 e. The van der Waals surface area contributed by atoms with Crippen molar-refractivity contribution < 1.29 is 31.8 Å². The van der Waals surface area contributed by atoms with Crippen molar-refractivity contribution in [3.63, 3.8) is 0 Å². The van der Waals surface area contributed by atoms with Gasteiger partial charge in [0.25, 0.3) is 0 Å². The predicted molar refractivity (Wildman–Crippen MR) is 69.6 cm³/mol. The van der Waals surface area contributed by atoms with E-state index in [2.05, 4.69) is 4.74 Å². The Kier molecular flexibility index (Phi) is 4.06. The highest BCUT2D eigenvalue weighted by atomic mass is 19.4. The molecule has 7 heteroatoms. The first-order chi connectivity index (χ1) is 10.4. The van der Waals surface area contributed by atoms with Gasteiger partial charge in [0.05, 0.1) is 12.7 Å². The smallest absolute Gasteiger partial charge is 0.490 e. The second-order valence-electron chi connectivity index (χ2n) is 5.65. The third-order valence-electron chi connectivity index (χ3n) is 3.54. The van der Waals surface area contributed by atoms with Crippen molar-refractivity contribution in [1.29, 1.82) is 0 Å². The van der Waals surface area contributed by atoms with E-state index < -0.39 is 17.9 Å². The SMILES string of the molecule is Fc1c(OC2CC2)ccc(OCCC2CC2)c1OC(F)(F)F. The molecule has 22 heavy (non-hydrogen) atoms. The third kappa shape index (κ3) is 4.18. The summed E-state index contributed by atoms with van der Waals surface area (Å²) in [6.07, 6.45) is -0.616. The van der Waals surface area contributed by atoms with Gasteiger partial charge in [-0.2, -0.15) is 4.39 Å². The number of hydrogen-bond donors (Lipinski definition) is 0. The summed E-state index contributed by atoms with van der Waals surface area (Å²) in [5.41, 5.74) is 0. The highest BCUT2D eigenvalue weighted by Crippen LogP contribution is 2.41. The minimum absolute atomic E-state index is 0.130. The van der Waals surface area contributed by atoms with Gasteiger partial charge in [0.1, 0.15) is 0 Å². The van der Waals surface area contributed by atoms with E-state index in [0.717, 1.165) is 32.1 Å². The fourth-order valence-corrected chi connectivity index (χ4v) is 2.04. The Morgan fingerprint density at radius 1 is 1.05 bits per heavy atom. The number of halogens is 4. The van der Waals surface area contributed by atoms with Crippen LogP contribution in [0.1, 0.15) is 32.1 Å². The lowest BCUT2D eigenvalue weighted by Crippen LogP contribution is -2.19. The maximum Gasteiger partial charge on any atom is 0.573 e. The fraction of sp³-hybridized carbons (Fsp3) is 0.600. The zero-order valence-corrected chi connectivity index (χ0v) is 11.8. The second-order valence-corrected chi connectivity index (χ2v) is 5.65. The van der Waals surface area contributed by atoms with Crippen LogP contribution in [0.4, 0.5) is 17.6 Å². The van der Waals surface area contributed by atoms with Crippen LogP contribution in [0.15, 0.2) is 12.1 Å². The Balaban J connectivity index is 1.77. The number of rotatable bonds is 7. The van der Waals surface area contributed by atoms with Crippen molar-refractivity contribution >= 4 is 0 Å². The van der Waals surface area contributed by atoms with E-state index in [1.807, 2.05) is 0 Å². The van der Waals surface area contributed by atoms with Gasteiger partial charge < -0.3 is 14.2 Å². The Morgan fingerprint density at radius 2 is 1.73 bits per heavy atom. The van der Waals surface area contributed by atoms with Crippen LogP contribution in [-0.2, 0) is 0 Å². The lowest BCUT2D eigenvalue weighted by Gasteiger charge is -2.16. The van der Waals surface area contributed by atoms with Crippen molar-refractivity contribution in [2.24, 2.45) is 5.92 Å². The number of alkyl halides is 3. The highest BCUT2D eigenvalue weighted by Gasteiger charge is 2.36. The molecule has 0 aliphatic heterocycles. The van der Waals surface area contributed by atoms with Gasteiger partial charge in [-0.1, -0.05) is 12.8 Å². The summed E-state index contributed by atoms with van der Waals surface area (Å²) in [5.74, 6) is -2.06. The van der Waals surface area contributed by atoms with Crippen molar-refractivity contribution in [1.82, 2.24) is 0 Å². The molecule has 2 fully saturated rings. The molecule has 0 aromatic heterocycles. The minimum atomic E-state index is -4.99. The van der Waals surface area contributed by atoms with Crippen molar-refractivity contribution in [2.45, 2.75) is 44.6 Å². The molecule has 0 amide bonds. The van der Waals surface area contributed by atoms with E-state index in [9.17, 15) is 17.6 Å². The maximum atomic E-state index is 14.2. The van der Waals surface area contributed by atoms with Crippen molar-refractivity contribution in [3.8, 4) is 17.2 Å². The molecule has 0 bridgehead atoms. The average molecular weight is 320 g/mol. The summed E-state index contributed by atoms with van der Waals surface area (Å²) in [6, 6.07) is 2.54. The Bertz CT molecular complexity index is 536. The van der Waals surface area contributed by atoms with Gasteiger partial charge in [-0.3, -0.25) is 0 Å². The van der Waals surface area contributed by atoms with Gasteiger partial charge in [-0.15, -0.1) is 13.2 Å². The van der Waals surface area contributed by atoms with Gasteiger partial charge in [-0.25, -0.2) is 0 Å². The van der Waals surface area contributed by atoms with E-state index in [-0.39, 0.29) is 24.2 Å². The summed E-state index contributed by atoms with van der Waals surface area (Å²) in [6.45, 7) is 0.237. The summed E-state index contributed by atoms with van der Waals surface area (Å²) in [7, 11) is 0. The van der Waals surface area contributed by atoms with Gasteiger partial charge >= 0.3 is 6.36 Å². The van der Waals surface area contributed by atoms with E-state index in [1.165, 1.54) is 12.1 Å². The molecule has 3 rings (SSSR count). The zero-order chi connectivity index (χ0) is 15.7. The zero-order valence-electron chi connectivity index (χ0n) is 11.8. The second kappa shape index (κ2) is 5.85. The van der Waals surface area contributed by atoms with Gasteiger partial charge in [0, 0.05) is 0 Å². The molecule has 0 saturated heterocycles. The van der Waals surface area contributed by atoms with Crippen LogP contribution in [0.3, 0.4) is 0 Å². The summed E-state index contributed by atoms with van der Waals surface area (Å²) >= 11 is 0. The maximum absolute atomic E-state index is 14.2. The molecular formula is C15H16F4O3. The molecule has 2 aliphatic rings. The average Bonchev–Trinajstić information content (AvgIpc) is 3.30. The first-order valence-electron chi connectivity index (χ1n) is 7.30. The molecule has 0 heterocycles. The van der Waals surface area contributed by atoms with Crippen LogP contribution < -0.4 is 14.2 Å². The molecule has 0 unspecified atom stereocenters. The monoisotopic (exact) mass is 320 g/mol. The van der Waals surface area contributed by atoms with Crippen LogP contribution in [0.5, 0.6) is 17.2 Å². The lowest BCUT2D eigenvalue weighted by molar-refractivity contribution is -0.276. The van der Waals surface area contributed by atoms with E-state index in [1.54, 1.807) is 0 Å². The molecule has 2 aliphatic carbocycles. The predicted octanol–water partition coefficient (Wildman–Crippen LogP) is 4.44. The largest absolute Gasteiger partial charge is 0.573 e. The topological polar surface area (TPSA) is 27.7 Å². The van der Waals surface area contributed by atoms with E-state index in [0.29, 0.717) is 5.92 Å². The standard InChI is InChI=1S/C15H16F4O3/c16-13-11(21-10-3-4-10)5-6-12(14(13)22-15(17,18)19)20-8-7-9-1-2-9/h5-6,9-10H,1-4,7-8H2. The molecule has 3 nitrogen and oxygen atoms in total. The Morgan fingerprint density at radius 3 is 2.32 bits per heavy atom. The van der Waals surface area contributed by atoms with Crippen molar-refractivity contribution in [2.75, 3.05) is 6.61 Å². The van der Waals surface area contributed by atoms with Crippen LogP contribution >= 0.6 is 0 Å². The Labute approximate surface area is 125 Å². The molecule has 0 radical (unpaired) electrons. The normalized spacial score (nSPS) is 18.2. The molecular weight excluding hydrogens is 304 g/mol. The summed E-state index contributed by atoms with van der Waals surface area (Å²) in [4.78, 5) is 0. The molecule has 0 N–H and O–H groups in total. The molecule has 0 spiro atoms.